The van der Waals surface area contributed by atoms with Crippen LogP contribution in [0.2, 0.25) is 0 Å². The first kappa shape index (κ1) is 20.1. The molecule has 3 aliphatic heterocycles. The number of allylic oxidation sites excluding steroid dienone is 1. The molecule has 5 nitrogen and oxygen atoms in total. The Bertz CT molecular complexity index is 559. The highest BCUT2D eigenvalue weighted by Crippen LogP contribution is 2.35. The van der Waals surface area contributed by atoms with Gasteiger partial charge in [-0.3, -0.25) is 14.7 Å². The molecule has 0 amide bonds. The average Bonchev–Trinajstić information content (AvgIpc) is 3.66. The van der Waals surface area contributed by atoms with Crippen molar-refractivity contribution in [2.75, 3.05) is 65.5 Å². The second kappa shape index (κ2) is 9.15. The predicted molar refractivity (Wildman–Crippen MR) is 118 cm³/mol. The number of likely N-dealkylation sites (tertiary alicyclic amines) is 2. The first-order valence-electron chi connectivity index (χ1n) is 12.6. The Labute approximate surface area is 178 Å². The number of piperidine rings is 2. The van der Waals surface area contributed by atoms with Crippen LogP contribution < -0.4 is 0 Å². The molecule has 0 spiro atoms. The van der Waals surface area contributed by atoms with Crippen molar-refractivity contribution < 1.29 is 4.74 Å². The van der Waals surface area contributed by atoms with Gasteiger partial charge in [0.25, 0.3) is 0 Å². The van der Waals surface area contributed by atoms with Crippen LogP contribution in [0.3, 0.4) is 0 Å². The summed E-state index contributed by atoms with van der Waals surface area (Å²) < 4.78 is 6.37. The summed E-state index contributed by atoms with van der Waals surface area (Å²) in [4.78, 5) is 10.7. The predicted octanol–water partition coefficient (Wildman–Crippen LogP) is 2.98. The van der Waals surface area contributed by atoms with Gasteiger partial charge >= 0.3 is 0 Å². The van der Waals surface area contributed by atoms with Gasteiger partial charge in [0.1, 0.15) is 6.61 Å². The van der Waals surface area contributed by atoms with E-state index >= 15 is 0 Å². The maximum atomic E-state index is 6.37. The van der Waals surface area contributed by atoms with Crippen LogP contribution in [-0.2, 0) is 4.74 Å². The number of rotatable bonds is 7. The third kappa shape index (κ3) is 5.29. The van der Waals surface area contributed by atoms with Crippen molar-refractivity contribution >= 4 is 0 Å². The Kier molecular flexibility index (Phi) is 6.36. The normalized spacial score (nSPS) is 28.7. The van der Waals surface area contributed by atoms with E-state index in [1.807, 2.05) is 0 Å². The molecule has 0 atom stereocenters. The van der Waals surface area contributed by atoms with E-state index in [9.17, 15) is 0 Å². The molecular weight excluding hydrogens is 360 g/mol. The molecule has 2 aliphatic carbocycles. The molecule has 5 rings (SSSR count). The van der Waals surface area contributed by atoms with Gasteiger partial charge in [0.15, 0.2) is 5.88 Å². The Morgan fingerprint density at radius 1 is 0.759 bits per heavy atom. The SMILES string of the molecule is CC1CCN(C(OCCN2CCC(N3CCN(C4CC4)CC3)CC2)=C2CC2)CC1. The second-order valence-electron chi connectivity index (χ2n) is 10.3. The van der Waals surface area contributed by atoms with Gasteiger partial charge in [-0.2, -0.15) is 0 Å². The summed E-state index contributed by atoms with van der Waals surface area (Å²) in [5, 5.41) is 0. The van der Waals surface area contributed by atoms with Crippen molar-refractivity contribution in [3.05, 3.63) is 11.5 Å². The van der Waals surface area contributed by atoms with Crippen LogP contribution >= 0.6 is 0 Å². The van der Waals surface area contributed by atoms with Crippen molar-refractivity contribution in [2.45, 2.75) is 70.4 Å². The van der Waals surface area contributed by atoms with Gasteiger partial charge in [-0.25, -0.2) is 0 Å². The summed E-state index contributed by atoms with van der Waals surface area (Å²) in [5.74, 6) is 2.15. The standard InChI is InChI=1S/C24H42N4O/c1-20-6-12-28(13-7-20)24(21-2-3-21)29-19-18-25-10-8-23(9-11-25)27-16-14-26(15-17-27)22-4-5-22/h20,22-23H,2-19H2,1H3. The highest BCUT2D eigenvalue weighted by atomic mass is 16.5. The number of ether oxygens (including phenoxy) is 1. The molecule has 164 valence electrons. The minimum atomic E-state index is 0.827. The Morgan fingerprint density at radius 2 is 1.34 bits per heavy atom. The third-order valence-corrected chi connectivity index (χ3v) is 8.01. The molecule has 2 saturated carbocycles. The van der Waals surface area contributed by atoms with E-state index in [1.165, 1.54) is 110 Å². The van der Waals surface area contributed by atoms with Crippen molar-refractivity contribution in [3.8, 4) is 0 Å². The van der Waals surface area contributed by atoms with Gasteiger partial charge in [-0.1, -0.05) is 6.92 Å². The Morgan fingerprint density at radius 3 is 1.90 bits per heavy atom. The van der Waals surface area contributed by atoms with E-state index < -0.39 is 0 Å². The summed E-state index contributed by atoms with van der Waals surface area (Å²) in [5.41, 5.74) is 1.57. The molecule has 29 heavy (non-hydrogen) atoms. The van der Waals surface area contributed by atoms with Crippen LogP contribution in [0, 0.1) is 5.92 Å². The minimum Gasteiger partial charge on any atom is -0.478 e. The lowest BCUT2D eigenvalue weighted by Gasteiger charge is -2.43. The monoisotopic (exact) mass is 402 g/mol. The number of piperazine rings is 1. The molecule has 5 aliphatic rings. The molecular formula is C24H42N4O. The number of hydrogen-bond donors (Lipinski definition) is 0. The zero-order chi connectivity index (χ0) is 19.6. The molecule has 0 unspecified atom stereocenters. The van der Waals surface area contributed by atoms with Gasteiger partial charge in [0.2, 0.25) is 0 Å². The molecule has 0 aromatic rings. The zero-order valence-electron chi connectivity index (χ0n) is 18.7. The van der Waals surface area contributed by atoms with E-state index in [0.717, 1.165) is 31.2 Å². The maximum absolute atomic E-state index is 6.37. The summed E-state index contributed by atoms with van der Waals surface area (Å²) in [6.45, 7) is 14.5. The highest BCUT2D eigenvalue weighted by Gasteiger charge is 2.34. The van der Waals surface area contributed by atoms with Gasteiger partial charge in [0.05, 0.1) is 0 Å². The first-order chi connectivity index (χ1) is 14.3. The molecule has 0 N–H and O–H groups in total. The fraction of sp³-hybridized carbons (Fsp3) is 0.917. The summed E-state index contributed by atoms with van der Waals surface area (Å²) in [6.07, 6.45) is 10.8. The highest BCUT2D eigenvalue weighted by molar-refractivity contribution is 5.21. The Hall–Kier alpha value is -0.780. The lowest BCUT2D eigenvalue weighted by Crippen LogP contribution is -2.53. The molecule has 3 heterocycles. The zero-order valence-corrected chi connectivity index (χ0v) is 18.7. The van der Waals surface area contributed by atoms with Gasteiger partial charge in [0, 0.05) is 57.9 Å². The lowest BCUT2D eigenvalue weighted by molar-refractivity contribution is 0.0408. The van der Waals surface area contributed by atoms with Crippen LogP contribution in [0.4, 0.5) is 0 Å². The third-order valence-electron chi connectivity index (χ3n) is 8.01. The Balaban J connectivity index is 1.01. The van der Waals surface area contributed by atoms with E-state index in [4.69, 9.17) is 4.74 Å². The molecule has 5 heteroatoms. The van der Waals surface area contributed by atoms with Crippen LogP contribution in [0.5, 0.6) is 0 Å². The van der Waals surface area contributed by atoms with Crippen molar-refractivity contribution in [1.29, 1.82) is 0 Å². The van der Waals surface area contributed by atoms with Crippen LogP contribution in [-0.4, -0.2) is 97.2 Å². The smallest absolute Gasteiger partial charge is 0.188 e. The van der Waals surface area contributed by atoms with Gasteiger partial charge in [-0.05, 0) is 75.9 Å². The van der Waals surface area contributed by atoms with Crippen molar-refractivity contribution in [3.63, 3.8) is 0 Å². The quantitative estimate of drug-likeness (QED) is 0.609. The van der Waals surface area contributed by atoms with E-state index in [1.54, 1.807) is 5.57 Å². The summed E-state index contributed by atoms with van der Waals surface area (Å²) in [6, 6.07) is 1.77. The topological polar surface area (TPSA) is 22.2 Å². The van der Waals surface area contributed by atoms with E-state index in [2.05, 4.69) is 26.5 Å². The molecule has 5 fully saturated rings. The van der Waals surface area contributed by atoms with Crippen molar-refractivity contribution in [2.24, 2.45) is 5.92 Å². The van der Waals surface area contributed by atoms with Crippen LogP contribution in [0.15, 0.2) is 11.5 Å². The average molecular weight is 403 g/mol. The van der Waals surface area contributed by atoms with E-state index in [0.29, 0.717) is 0 Å². The molecule has 0 radical (unpaired) electrons. The second-order valence-corrected chi connectivity index (χ2v) is 10.3. The largest absolute Gasteiger partial charge is 0.478 e. The number of hydrogen-bond acceptors (Lipinski definition) is 5. The maximum Gasteiger partial charge on any atom is 0.188 e. The summed E-state index contributed by atoms with van der Waals surface area (Å²) in [7, 11) is 0. The first-order valence-corrected chi connectivity index (χ1v) is 12.6. The fourth-order valence-electron chi connectivity index (χ4n) is 5.59. The van der Waals surface area contributed by atoms with Gasteiger partial charge in [-0.15, -0.1) is 0 Å². The van der Waals surface area contributed by atoms with Crippen molar-refractivity contribution in [1.82, 2.24) is 19.6 Å². The molecule has 0 bridgehead atoms. The van der Waals surface area contributed by atoms with Crippen LogP contribution in [0.1, 0.15) is 58.3 Å². The lowest BCUT2D eigenvalue weighted by atomic mass is 9.99. The van der Waals surface area contributed by atoms with Crippen LogP contribution in [0.25, 0.3) is 0 Å². The number of nitrogens with zero attached hydrogens (tertiary/aromatic N) is 4. The minimum absolute atomic E-state index is 0.827. The fourth-order valence-corrected chi connectivity index (χ4v) is 5.59. The molecule has 3 saturated heterocycles. The molecule has 0 aromatic carbocycles. The summed E-state index contributed by atoms with van der Waals surface area (Å²) >= 11 is 0. The molecule has 0 aromatic heterocycles. The van der Waals surface area contributed by atoms with E-state index in [-0.39, 0.29) is 0 Å². The van der Waals surface area contributed by atoms with Gasteiger partial charge < -0.3 is 9.64 Å².